The van der Waals surface area contributed by atoms with Crippen LogP contribution in [0.1, 0.15) is 29.2 Å². The van der Waals surface area contributed by atoms with Crippen LogP contribution in [-0.4, -0.2) is 49.7 Å². The summed E-state index contributed by atoms with van der Waals surface area (Å²) >= 11 is 4.88. The van der Waals surface area contributed by atoms with Gasteiger partial charge in [0.2, 0.25) is 5.82 Å². The first-order valence-corrected chi connectivity index (χ1v) is 11.6. The zero-order chi connectivity index (χ0) is 21.4. The molecule has 1 saturated heterocycles. The molecule has 158 valence electrons. The number of hydrogen-bond donors (Lipinski definition) is 0. The molecular weight excluding hydrogens is 480 g/mol. The second-order valence-electron chi connectivity index (χ2n) is 7.31. The number of benzene rings is 1. The Morgan fingerprint density at radius 3 is 2.87 bits per heavy atom. The maximum absolute atomic E-state index is 13.5. The van der Waals surface area contributed by atoms with Crippen molar-refractivity contribution in [3.8, 4) is 11.3 Å². The maximum Gasteiger partial charge on any atom is 0.299 e. The lowest BCUT2D eigenvalue weighted by Crippen LogP contribution is -2.38. The number of halogens is 1. The van der Waals surface area contributed by atoms with Gasteiger partial charge in [-0.3, -0.25) is 9.69 Å². The van der Waals surface area contributed by atoms with Crippen LogP contribution in [-0.2, 0) is 4.74 Å². The quantitative estimate of drug-likeness (QED) is 0.410. The molecule has 3 aromatic heterocycles. The SMILES string of the molecule is Cc1ccnc2nc(C(=O)N(CC3CCCO3)c3nc(-c4ccc(Br)cc4)cs3)nn12. The Balaban J connectivity index is 1.49. The fourth-order valence-electron chi connectivity index (χ4n) is 3.50. The first kappa shape index (κ1) is 20.2. The summed E-state index contributed by atoms with van der Waals surface area (Å²) in [6.07, 6.45) is 3.53. The number of amides is 1. The molecule has 0 spiro atoms. The van der Waals surface area contributed by atoms with Crippen molar-refractivity contribution in [2.45, 2.75) is 25.9 Å². The van der Waals surface area contributed by atoms with Gasteiger partial charge in [0.1, 0.15) is 0 Å². The van der Waals surface area contributed by atoms with Gasteiger partial charge in [-0.25, -0.2) is 14.5 Å². The summed E-state index contributed by atoms with van der Waals surface area (Å²) in [5.41, 5.74) is 2.66. The zero-order valence-corrected chi connectivity index (χ0v) is 19.1. The highest BCUT2D eigenvalue weighted by Gasteiger charge is 2.29. The summed E-state index contributed by atoms with van der Waals surface area (Å²) in [5, 5.41) is 6.95. The lowest BCUT2D eigenvalue weighted by molar-refractivity contribution is 0.0909. The molecule has 4 heterocycles. The van der Waals surface area contributed by atoms with Crippen molar-refractivity contribution in [3.05, 3.63) is 57.9 Å². The van der Waals surface area contributed by atoms with E-state index in [0.717, 1.165) is 34.3 Å². The molecule has 8 nitrogen and oxygen atoms in total. The molecule has 0 bridgehead atoms. The van der Waals surface area contributed by atoms with Crippen molar-refractivity contribution in [1.82, 2.24) is 24.6 Å². The average molecular weight is 499 g/mol. The standard InChI is InChI=1S/C21H19BrN6O2S/c1-13-8-9-23-20-25-18(26-28(13)20)19(29)27(11-16-3-2-10-30-16)21-24-17(12-31-21)14-4-6-15(22)7-5-14/h4-9,12,16H,2-3,10-11H2,1H3. The monoisotopic (exact) mass is 498 g/mol. The van der Waals surface area contributed by atoms with Gasteiger partial charge >= 0.3 is 0 Å². The summed E-state index contributed by atoms with van der Waals surface area (Å²) in [6.45, 7) is 3.02. The van der Waals surface area contributed by atoms with Gasteiger partial charge in [-0.15, -0.1) is 16.4 Å². The van der Waals surface area contributed by atoms with Crippen LogP contribution in [0.4, 0.5) is 5.13 Å². The number of aryl methyl sites for hydroxylation is 1. The van der Waals surface area contributed by atoms with Gasteiger partial charge in [0, 0.05) is 33.9 Å². The second-order valence-corrected chi connectivity index (χ2v) is 9.06. The van der Waals surface area contributed by atoms with Crippen LogP contribution >= 0.6 is 27.3 Å². The average Bonchev–Trinajstić information content (AvgIpc) is 3.52. The highest BCUT2D eigenvalue weighted by atomic mass is 79.9. The predicted octanol–water partition coefficient (Wildman–Crippen LogP) is 4.14. The second kappa shape index (κ2) is 8.45. The summed E-state index contributed by atoms with van der Waals surface area (Å²) in [6, 6.07) is 9.76. The molecule has 0 N–H and O–H groups in total. The Hall–Kier alpha value is -2.69. The summed E-state index contributed by atoms with van der Waals surface area (Å²) in [7, 11) is 0. The summed E-state index contributed by atoms with van der Waals surface area (Å²) < 4.78 is 8.37. The molecule has 1 fully saturated rings. The van der Waals surface area contributed by atoms with E-state index in [1.54, 1.807) is 15.6 Å². The Morgan fingerprint density at radius 1 is 1.29 bits per heavy atom. The number of fused-ring (bicyclic) bond motifs is 1. The molecule has 1 aromatic carbocycles. The number of aromatic nitrogens is 5. The highest BCUT2D eigenvalue weighted by Crippen LogP contribution is 2.30. The van der Waals surface area contributed by atoms with Crippen molar-refractivity contribution in [3.63, 3.8) is 0 Å². The number of anilines is 1. The molecular formula is C21H19BrN6O2S. The summed E-state index contributed by atoms with van der Waals surface area (Å²) in [5.74, 6) is 0.187. The van der Waals surface area contributed by atoms with Crippen molar-refractivity contribution in [2.24, 2.45) is 0 Å². The first-order chi connectivity index (χ1) is 15.1. The topological polar surface area (TPSA) is 85.5 Å². The molecule has 4 aromatic rings. The van der Waals surface area contributed by atoms with Crippen LogP contribution in [0.15, 0.2) is 46.4 Å². The Bertz CT molecular complexity index is 1230. The van der Waals surface area contributed by atoms with E-state index in [4.69, 9.17) is 9.72 Å². The molecule has 0 radical (unpaired) electrons. The van der Waals surface area contributed by atoms with Gasteiger partial charge < -0.3 is 4.74 Å². The van der Waals surface area contributed by atoms with E-state index in [1.165, 1.54) is 11.3 Å². The van der Waals surface area contributed by atoms with Gasteiger partial charge in [-0.2, -0.15) is 4.98 Å². The third-order valence-electron chi connectivity index (χ3n) is 5.14. The van der Waals surface area contributed by atoms with E-state index in [-0.39, 0.29) is 17.8 Å². The first-order valence-electron chi connectivity index (χ1n) is 9.92. The number of nitrogens with zero attached hydrogens (tertiary/aromatic N) is 6. The normalized spacial score (nSPS) is 16.1. The van der Waals surface area contributed by atoms with E-state index in [1.807, 2.05) is 42.6 Å². The van der Waals surface area contributed by atoms with Crippen molar-refractivity contribution in [1.29, 1.82) is 0 Å². The number of ether oxygens (including phenoxy) is 1. The lowest BCUT2D eigenvalue weighted by Gasteiger charge is -2.21. The molecule has 1 atom stereocenters. The number of carbonyl (C=O) groups excluding carboxylic acids is 1. The smallest absolute Gasteiger partial charge is 0.299 e. The van der Waals surface area contributed by atoms with Crippen molar-refractivity contribution < 1.29 is 9.53 Å². The van der Waals surface area contributed by atoms with Crippen LogP contribution in [0.25, 0.3) is 17.0 Å². The Labute approximate surface area is 191 Å². The predicted molar refractivity (Wildman–Crippen MR) is 121 cm³/mol. The minimum atomic E-state index is -0.308. The zero-order valence-electron chi connectivity index (χ0n) is 16.7. The van der Waals surface area contributed by atoms with Crippen LogP contribution in [0.2, 0.25) is 0 Å². The molecule has 1 aliphatic heterocycles. The number of hydrogen-bond acceptors (Lipinski definition) is 7. The van der Waals surface area contributed by atoms with Crippen molar-refractivity contribution >= 4 is 44.1 Å². The fraction of sp³-hybridized carbons (Fsp3) is 0.286. The Kier molecular flexibility index (Phi) is 5.51. The van der Waals surface area contributed by atoms with Gasteiger partial charge in [0.15, 0.2) is 5.13 Å². The number of carbonyl (C=O) groups is 1. The molecule has 0 aliphatic carbocycles. The van der Waals surface area contributed by atoms with Crippen LogP contribution < -0.4 is 4.90 Å². The minimum Gasteiger partial charge on any atom is -0.376 e. The lowest BCUT2D eigenvalue weighted by atomic mass is 10.2. The molecule has 5 rings (SSSR count). The molecule has 10 heteroatoms. The van der Waals surface area contributed by atoms with E-state index in [9.17, 15) is 4.79 Å². The highest BCUT2D eigenvalue weighted by molar-refractivity contribution is 9.10. The molecule has 1 unspecified atom stereocenters. The number of thiazole rings is 1. The fourth-order valence-corrected chi connectivity index (χ4v) is 4.60. The van der Waals surface area contributed by atoms with E-state index in [2.05, 4.69) is 31.0 Å². The van der Waals surface area contributed by atoms with Crippen LogP contribution in [0.5, 0.6) is 0 Å². The summed E-state index contributed by atoms with van der Waals surface area (Å²) in [4.78, 5) is 28.4. The number of rotatable bonds is 5. The largest absolute Gasteiger partial charge is 0.376 e. The van der Waals surface area contributed by atoms with Crippen molar-refractivity contribution in [2.75, 3.05) is 18.1 Å². The van der Waals surface area contributed by atoms with Gasteiger partial charge in [0.05, 0.1) is 18.3 Å². The van der Waals surface area contributed by atoms with Gasteiger partial charge in [-0.05, 0) is 38.0 Å². The van der Waals surface area contributed by atoms with E-state index in [0.29, 0.717) is 24.1 Å². The molecule has 31 heavy (non-hydrogen) atoms. The minimum absolute atomic E-state index is 0.0270. The Morgan fingerprint density at radius 2 is 2.13 bits per heavy atom. The van der Waals surface area contributed by atoms with Gasteiger partial charge in [-0.1, -0.05) is 28.1 Å². The van der Waals surface area contributed by atoms with Crippen LogP contribution in [0, 0.1) is 6.92 Å². The maximum atomic E-state index is 13.5. The van der Waals surface area contributed by atoms with Crippen LogP contribution in [0.3, 0.4) is 0 Å². The molecule has 0 saturated carbocycles. The molecule has 1 aliphatic rings. The van der Waals surface area contributed by atoms with E-state index >= 15 is 0 Å². The van der Waals surface area contributed by atoms with E-state index < -0.39 is 0 Å². The third-order valence-corrected chi connectivity index (χ3v) is 6.53. The molecule has 1 amide bonds. The van der Waals surface area contributed by atoms with Gasteiger partial charge in [0.25, 0.3) is 11.7 Å². The third kappa shape index (κ3) is 4.10.